The van der Waals surface area contributed by atoms with Crippen molar-refractivity contribution in [1.82, 2.24) is 0 Å². The van der Waals surface area contributed by atoms with Gasteiger partial charge in [0.2, 0.25) is 0 Å². The minimum Gasteiger partial charge on any atom is -0.481 e. The molecule has 20 heavy (non-hydrogen) atoms. The van der Waals surface area contributed by atoms with Gasteiger partial charge in [-0.15, -0.1) is 0 Å². The molecule has 0 spiro atoms. The SMILES string of the molecule is CN1c2ccccc2N(CCC(=O)O)c2ccccc21. The van der Waals surface area contributed by atoms with Crippen LogP contribution >= 0.6 is 0 Å². The number of hydrogen-bond acceptors (Lipinski definition) is 3. The first-order valence-corrected chi connectivity index (χ1v) is 6.59. The standard InChI is InChI=1S/C16H16N2O2/c1-17-12-6-2-4-8-14(12)18(11-10-16(19)20)15-9-5-3-7-13(15)17/h2-9H,10-11H2,1H3,(H,19,20). The molecule has 0 saturated heterocycles. The van der Waals surface area contributed by atoms with Gasteiger partial charge in [-0.1, -0.05) is 24.3 Å². The summed E-state index contributed by atoms with van der Waals surface area (Å²) in [6, 6.07) is 16.1. The fraction of sp³-hybridized carbons (Fsp3) is 0.188. The molecule has 3 rings (SSSR count). The number of benzene rings is 2. The van der Waals surface area contributed by atoms with Crippen LogP contribution in [0.15, 0.2) is 48.5 Å². The molecule has 102 valence electrons. The molecule has 4 nitrogen and oxygen atoms in total. The fourth-order valence-electron chi connectivity index (χ4n) is 2.66. The van der Waals surface area contributed by atoms with E-state index in [0.29, 0.717) is 6.54 Å². The lowest BCUT2D eigenvalue weighted by atomic mass is 10.1. The molecule has 2 aromatic rings. The Balaban J connectivity index is 2.09. The minimum atomic E-state index is -0.779. The number of carbonyl (C=O) groups is 1. The summed E-state index contributed by atoms with van der Waals surface area (Å²) in [6.07, 6.45) is 0.117. The van der Waals surface area contributed by atoms with E-state index in [1.165, 1.54) is 0 Å². The molecular weight excluding hydrogens is 252 g/mol. The van der Waals surface area contributed by atoms with Crippen molar-refractivity contribution >= 4 is 28.7 Å². The first kappa shape index (κ1) is 12.5. The van der Waals surface area contributed by atoms with Crippen LogP contribution in [-0.2, 0) is 4.79 Å². The Morgan fingerprint density at radius 3 is 1.85 bits per heavy atom. The molecule has 1 heterocycles. The molecule has 4 heteroatoms. The lowest BCUT2D eigenvalue weighted by Gasteiger charge is -2.38. The summed E-state index contributed by atoms with van der Waals surface area (Å²) in [5.41, 5.74) is 4.29. The number of aliphatic carboxylic acids is 1. The van der Waals surface area contributed by atoms with Crippen molar-refractivity contribution in [3.05, 3.63) is 48.5 Å². The van der Waals surface area contributed by atoms with E-state index in [1.54, 1.807) is 0 Å². The molecule has 1 N–H and O–H groups in total. The zero-order valence-electron chi connectivity index (χ0n) is 11.3. The first-order chi connectivity index (χ1) is 9.68. The van der Waals surface area contributed by atoms with Crippen molar-refractivity contribution in [3.63, 3.8) is 0 Å². The summed E-state index contributed by atoms with van der Waals surface area (Å²) in [7, 11) is 2.03. The van der Waals surface area contributed by atoms with Crippen molar-refractivity contribution in [2.24, 2.45) is 0 Å². The second kappa shape index (κ2) is 4.89. The van der Waals surface area contributed by atoms with Gasteiger partial charge in [0.25, 0.3) is 0 Å². The molecule has 0 aromatic heterocycles. The van der Waals surface area contributed by atoms with E-state index in [0.717, 1.165) is 22.7 Å². The van der Waals surface area contributed by atoms with Crippen molar-refractivity contribution < 1.29 is 9.90 Å². The minimum absolute atomic E-state index is 0.117. The number of anilines is 4. The van der Waals surface area contributed by atoms with Crippen molar-refractivity contribution in [2.45, 2.75) is 6.42 Å². The zero-order chi connectivity index (χ0) is 14.1. The maximum Gasteiger partial charge on any atom is 0.305 e. The van der Waals surface area contributed by atoms with Crippen LogP contribution in [0.2, 0.25) is 0 Å². The molecule has 1 aliphatic rings. The highest BCUT2D eigenvalue weighted by atomic mass is 16.4. The molecule has 0 radical (unpaired) electrons. The lowest BCUT2D eigenvalue weighted by Crippen LogP contribution is -2.29. The highest BCUT2D eigenvalue weighted by Crippen LogP contribution is 2.46. The van der Waals surface area contributed by atoms with E-state index in [4.69, 9.17) is 5.11 Å². The molecule has 2 aromatic carbocycles. The van der Waals surface area contributed by atoms with Gasteiger partial charge in [0.15, 0.2) is 0 Å². The van der Waals surface area contributed by atoms with E-state index in [2.05, 4.69) is 21.9 Å². The van der Waals surface area contributed by atoms with E-state index < -0.39 is 5.97 Å². The van der Waals surface area contributed by atoms with Crippen LogP contribution in [0.1, 0.15) is 6.42 Å². The van der Waals surface area contributed by atoms with Crippen molar-refractivity contribution in [2.75, 3.05) is 23.4 Å². The summed E-state index contributed by atoms with van der Waals surface area (Å²) in [5, 5.41) is 8.95. The van der Waals surface area contributed by atoms with Gasteiger partial charge in [-0.25, -0.2) is 0 Å². The third kappa shape index (κ3) is 1.99. The number of rotatable bonds is 3. The van der Waals surface area contributed by atoms with Gasteiger partial charge in [0.1, 0.15) is 0 Å². The van der Waals surface area contributed by atoms with Gasteiger partial charge < -0.3 is 14.9 Å². The summed E-state index contributed by atoms with van der Waals surface area (Å²) >= 11 is 0. The third-order valence-electron chi connectivity index (χ3n) is 3.62. The van der Waals surface area contributed by atoms with Crippen LogP contribution in [0.4, 0.5) is 22.7 Å². The van der Waals surface area contributed by atoms with Crippen molar-refractivity contribution in [1.29, 1.82) is 0 Å². The predicted octanol–water partition coefficient (Wildman–Crippen LogP) is 3.38. The van der Waals surface area contributed by atoms with Crippen LogP contribution < -0.4 is 9.80 Å². The average Bonchev–Trinajstić information content (AvgIpc) is 2.47. The Morgan fingerprint density at radius 1 is 0.950 bits per heavy atom. The zero-order valence-corrected chi connectivity index (χ0v) is 11.3. The maximum atomic E-state index is 10.9. The molecule has 0 unspecified atom stereocenters. The summed E-state index contributed by atoms with van der Waals surface area (Å²) < 4.78 is 0. The van der Waals surface area contributed by atoms with Crippen LogP contribution in [0.3, 0.4) is 0 Å². The second-order valence-electron chi connectivity index (χ2n) is 4.83. The molecule has 0 saturated carbocycles. The van der Waals surface area contributed by atoms with Crippen LogP contribution in [0.25, 0.3) is 0 Å². The smallest absolute Gasteiger partial charge is 0.305 e. The topological polar surface area (TPSA) is 43.8 Å². The maximum absolute atomic E-state index is 10.9. The Kier molecular flexibility index (Phi) is 3.06. The summed E-state index contributed by atoms with van der Waals surface area (Å²) in [5.74, 6) is -0.779. The third-order valence-corrected chi connectivity index (χ3v) is 3.62. The van der Waals surface area contributed by atoms with E-state index in [1.807, 2.05) is 43.4 Å². The van der Waals surface area contributed by atoms with Crippen LogP contribution in [-0.4, -0.2) is 24.7 Å². The van der Waals surface area contributed by atoms with E-state index in [-0.39, 0.29) is 6.42 Å². The number of carboxylic acid groups (broad SMARTS) is 1. The van der Waals surface area contributed by atoms with Gasteiger partial charge >= 0.3 is 5.97 Å². The molecule has 0 amide bonds. The molecule has 0 bridgehead atoms. The van der Waals surface area contributed by atoms with Gasteiger partial charge in [-0.2, -0.15) is 0 Å². The molecule has 1 aliphatic heterocycles. The first-order valence-electron chi connectivity index (χ1n) is 6.59. The van der Waals surface area contributed by atoms with E-state index >= 15 is 0 Å². The fourth-order valence-corrected chi connectivity index (χ4v) is 2.66. The summed E-state index contributed by atoms with van der Waals surface area (Å²) in [6.45, 7) is 0.469. The Bertz CT molecular complexity index is 607. The highest BCUT2D eigenvalue weighted by Gasteiger charge is 2.25. The number of fused-ring (bicyclic) bond motifs is 2. The quantitative estimate of drug-likeness (QED) is 0.926. The lowest BCUT2D eigenvalue weighted by molar-refractivity contribution is -0.136. The van der Waals surface area contributed by atoms with Crippen LogP contribution in [0, 0.1) is 0 Å². The normalized spacial score (nSPS) is 12.8. The highest BCUT2D eigenvalue weighted by molar-refractivity contribution is 5.93. The van der Waals surface area contributed by atoms with Crippen LogP contribution in [0.5, 0.6) is 0 Å². The predicted molar refractivity (Wildman–Crippen MR) is 80.2 cm³/mol. The van der Waals surface area contributed by atoms with Gasteiger partial charge in [-0.3, -0.25) is 4.79 Å². The number of nitrogens with zero attached hydrogens (tertiary/aromatic N) is 2. The Hall–Kier alpha value is -2.49. The van der Waals surface area contributed by atoms with Gasteiger partial charge in [0, 0.05) is 13.6 Å². The Labute approximate surface area is 117 Å². The molecular formula is C16H16N2O2. The molecule has 0 fully saturated rings. The second-order valence-corrected chi connectivity index (χ2v) is 4.83. The Morgan fingerprint density at radius 2 is 1.40 bits per heavy atom. The molecule has 0 aliphatic carbocycles. The van der Waals surface area contributed by atoms with E-state index in [9.17, 15) is 4.79 Å². The largest absolute Gasteiger partial charge is 0.481 e. The molecule has 0 atom stereocenters. The monoisotopic (exact) mass is 268 g/mol. The average molecular weight is 268 g/mol. The van der Waals surface area contributed by atoms with Gasteiger partial charge in [-0.05, 0) is 24.3 Å². The van der Waals surface area contributed by atoms with Gasteiger partial charge in [0.05, 0.1) is 29.2 Å². The summed E-state index contributed by atoms with van der Waals surface area (Å²) in [4.78, 5) is 15.1. The number of hydrogen-bond donors (Lipinski definition) is 1. The number of para-hydroxylation sites is 4. The number of carboxylic acids is 1. The van der Waals surface area contributed by atoms with Crippen molar-refractivity contribution in [3.8, 4) is 0 Å².